The van der Waals surface area contributed by atoms with E-state index in [0.717, 1.165) is 39.1 Å². The number of hydrogen-bond donors (Lipinski definition) is 0. The molecule has 2 nitrogen and oxygen atoms in total. The number of unbranched alkanes of at least 4 members (excludes halogenated alkanes) is 2. The topological polar surface area (TPSA) is 18.5 Å². The fourth-order valence-corrected chi connectivity index (χ4v) is 1.92. The highest BCUT2D eigenvalue weighted by Crippen LogP contribution is 2.21. The number of benzene rings is 1. The quantitative estimate of drug-likeness (QED) is 0.537. The molecule has 0 aliphatic heterocycles. The van der Waals surface area contributed by atoms with E-state index in [-0.39, 0.29) is 6.10 Å². The molecule has 0 aliphatic carbocycles. The van der Waals surface area contributed by atoms with Gasteiger partial charge in [-0.15, -0.1) is 0 Å². The van der Waals surface area contributed by atoms with Crippen molar-refractivity contribution in [3.8, 4) is 0 Å². The largest absolute Gasteiger partial charge is 0.381 e. The minimum absolute atomic E-state index is 0.175. The monoisotopic (exact) mass is 264 g/mol. The predicted octanol–water partition coefficient (Wildman–Crippen LogP) is 4.75. The van der Waals surface area contributed by atoms with Gasteiger partial charge in [-0.2, -0.15) is 0 Å². The zero-order valence-electron chi connectivity index (χ0n) is 12.4. The van der Waals surface area contributed by atoms with Gasteiger partial charge in [0.25, 0.3) is 0 Å². The van der Waals surface area contributed by atoms with Crippen LogP contribution in [0.25, 0.3) is 0 Å². The van der Waals surface area contributed by atoms with Gasteiger partial charge in [0.05, 0.1) is 6.10 Å². The molecule has 2 heteroatoms. The van der Waals surface area contributed by atoms with Crippen molar-refractivity contribution in [2.75, 3.05) is 19.8 Å². The molecule has 0 heterocycles. The molecule has 0 bridgehead atoms. The van der Waals surface area contributed by atoms with Crippen LogP contribution in [-0.4, -0.2) is 19.8 Å². The SMILES string of the molecule is CCCCOCCC(OCCCC)c1ccccc1. The Labute approximate surface area is 118 Å². The lowest BCUT2D eigenvalue weighted by Crippen LogP contribution is -2.09. The lowest BCUT2D eigenvalue weighted by Gasteiger charge is -2.18. The second kappa shape index (κ2) is 11.0. The van der Waals surface area contributed by atoms with Crippen molar-refractivity contribution < 1.29 is 9.47 Å². The summed E-state index contributed by atoms with van der Waals surface area (Å²) in [4.78, 5) is 0. The van der Waals surface area contributed by atoms with Crippen LogP contribution in [0.1, 0.15) is 57.6 Å². The zero-order valence-corrected chi connectivity index (χ0v) is 12.4. The molecule has 0 N–H and O–H groups in total. The lowest BCUT2D eigenvalue weighted by molar-refractivity contribution is 0.0184. The maximum absolute atomic E-state index is 6.00. The van der Waals surface area contributed by atoms with Crippen molar-refractivity contribution in [2.24, 2.45) is 0 Å². The van der Waals surface area contributed by atoms with E-state index in [1.54, 1.807) is 0 Å². The highest BCUT2D eigenvalue weighted by Gasteiger charge is 2.11. The van der Waals surface area contributed by atoms with Gasteiger partial charge in [0, 0.05) is 26.2 Å². The van der Waals surface area contributed by atoms with E-state index < -0.39 is 0 Å². The van der Waals surface area contributed by atoms with Gasteiger partial charge in [0.1, 0.15) is 0 Å². The van der Waals surface area contributed by atoms with Crippen LogP contribution in [0.2, 0.25) is 0 Å². The Morgan fingerprint density at radius 1 is 0.895 bits per heavy atom. The number of hydrogen-bond acceptors (Lipinski definition) is 2. The minimum Gasteiger partial charge on any atom is -0.381 e. The highest BCUT2D eigenvalue weighted by molar-refractivity contribution is 5.17. The summed E-state index contributed by atoms with van der Waals surface area (Å²) < 4.78 is 11.6. The molecule has 108 valence electrons. The van der Waals surface area contributed by atoms with E-state index in [1.165, 1.54) is 18.4 Å². The lowest BCUT2D eigenvalue weighted by atomic mass is 10.1. The number of ether oxygens (including phenoxy) is 2. The van der Waals surface area contributed by atoms with Crippen LogP contribution in [0.5, 0.6) is 0 Å². The summed E-state index contributed by atoms with van der Waals surface area (Å²) >= 11 is 0. The molecule has 0 fully saturated rings. The summed E-state index contributed by atoms with van der Waals surface area (Å²) in [5.41, 5.74) is 1.26. The summed E-state index contributed by atoms with van der Waals surface area (Å²) in [6.45, 7) is 6.86. The Morgan fingerprint density at radius 3 is 2.26 bits per heavy atom. The molecule has 0 radical (unpaired) electrons. The Hall–Kier alpha value is -0.860. The van der Waals surface area contributed by atoms with Crippen molar-refractivity contribution in [3.05, 3.63) is 35.9 Å². The molecular formula is C17H28O2. The van der Waals surface area contributed by atoms with Gasteiger partial charge in [0.2, 0.25) is 0 Å². The van der Waals surface area contributed by atoms with Gasteiger partial charge in [-0.05, 0) is 18.4 Å². The predicted molar refractivity (Wildman–Crippen MR) is 80.4 cm³/mol. The summed E-state index contributed by atoms with van der Waals surface area (Å²) in [5, 5.41) is 0. The van der Waals surface area contributed by atoms with Gasteiger partial charge < -0.3 is 9.47 Å². The van der Waals surface area contributed by atoms with E-state index in [4.69, 9.17) is 9.47 Å². The summed E-state index contributed by atoms with van der Waals surface area (Å²) in [7, 11) is 0. The van der Waals surface area contributed by atoms with Gasteiger partial charge in [-0.3, -0.25) is 0 Å². The third kappa shape index (κ3) is 7.34. The van der Waals surface area contributed by atoms with Crippen LogP contribution in [-0.2, 0) is 9.47 Å². The standard InChI is InChI=1S/C17H28O2/c1-3-5-13-18-15-12-17(19-14-6-4-2)16-10-8-7-9-11-16/h7-11,17H,3-6,12-15H2,1-2H3. The normalized spacial score (nSPS) is 12.5. The van der Waals surface area contributed by atoms with Crippen LogP contribution < -0.4 is 0 Å². The van der Waals surface area contributed by atoms with E-state index in [1.807, 2.05) is 6.07 Å². The molecule has 19 heavy (non-hydrogen) atoms. The third-order valence-corrected chi connectivity index (χ3v) is 3.15. The van der Waals surface area contributed by atoms with Crippen LogP contribution in [0, 0.1) is 0 Å². The van der Waals surface area contributed by atoms with Gasteiger partial charge >= 0.3 is 0 Å². The molecule has 1 unspecified atom stereocenters. The van der Waals surface area contributed by atoms with Crippen LogP contribution in [0.4, 0.5) is 0 Å². The fraction of sp³-hybridized carbons (Fsp3) is 0.647. The van der Waals surface area contributed by atoms with E-state index in [2.05, 4.69) is 38.1 Å². The molecule has 0 saturated carbocycles. The van der Waals surface area contributed by atoms with E-state index >= 15 is 0 Å². The van der Waals surface area contributed by atoms with Crippen LogP contribution in [0.3, 0.4) is 0 Å². The molecule has 1 rings (SSSR count). The van der Waals surface area contributed by atoms with Crippen molar-refractivity contribution in [1.82, 2.24) is 0 Å². The molecule has 1 aromatic rings. The first kappa shape index (κ1) is 16.2. The molecule has 0 amide bonds. The maximum Gasteiger partial charge on any atom is 0.0846 e. The maximum atomic E-state index is 6.00. The Morgan fingerprint density at radius 2 is 1.58 bits per heavy atom. The molecule has 0 aromatic heterocycles. The van der Waals surface area contributed by atoms with Crippen LogP contribution >= 0.6 is 0 Å². The van der Waals surface area contributed by atoms with Gasteiger partial charge in [0.15, 0.2) is 0 Å². The first-order valence-corrected chi connectivity index (χ1v) is 7.62. The van der Waals surface area contributed by atoms with Crippen molar-refractivity contribution in [3.63, 3.8) is 0 Å². The Bertz CT molecular complexity index is 297. The first-order chi connectivity index (χ1) is 9.38. The molecule has 1 atom stereocenters. The summed E-state index contributed by atoms with van der Waals surface area (Å²) in [5.74, 6) is 0. The summed E-state index contributed by atoms with van der Waals surface area (Å²) in [6.07, 6.45) is 5.75. The second-order valence-electron chi connectivity index (χ2n) is 4.88. The van der Waals surface area contributed by atoms with Gasteiger partial charge in [-0.25, -0.2) is 0 Å². The average Bonchev–Trinajstić information content (AvgIpc) is 2.46. The molecule has 1 aromatic carbocycles. The smallest absolute Gasteiger partial charge is 0.0846 e. The highest BCUT2D eigenvalue weighted by atomic mass is 16.5. The van der Waals surface area contributed by atoms with Crippen molar-refractivity contribution >= 4 is 0 Å². The number of rotatable bonds is 11. The molecule has 0 aliphatic rings. The average molecular weight is 264 g/mol. The zero-order chi connectivity index (χ0) is 13.8. The third-order valence-electron chi connectivity index (χ3n) is 3.15. The fourth-order valence-electron chi connectivity index (χ4n) is 1.92. The van der Waals surface area contributed by atoms with Crippen molar-refractivity contribution in [2.45, 2.75) is 52.1 Å². The minimum atomic E-state index is 0.175. The second-order valence-corrected chi connectivity index (χ2v) is 4.88. The summed E-state index contributed by atoms with van der Waals surface area (Å²) in [6, 6.07) is 10.5. The van der Waals surface area contributed by atoms with E-state index in [9.17, 15) is 0 Å². The van der Waals surface area contributed by atoms with Crippen LogP contribution in [0.15, 0.2) is 30.3 Å². The Kier molecular flexibility index (Phi) is 9.38. The van der Waals surface area contributed by atoms with Gasteiger partial charge in [-0.1, -0.05) is 57.0 Å². The first-order valence-electron chi connectivity index (χ1n) is 7.62. The molecule has 0 saturated heterocycles. The molecular weight excluding hydrogens is 236 g/mol. The van der Waals surface area contributed by atoms with E-state index in [0.29, 0.717) is 0 Å². The Balaban J connectivity index is 2.36. The molecule has 0 spiro atoms. The van der Waals surface area contributed by atoms with Crippen molar-refractivity contribution in [1.29, 1.82) is 0 Å².